The number of allylic oxidation sites excluding steroid dienone is 4. The molecule has 0 saturated heterocycles. The van der Waals surface area contributed by atoms with E-state index in [1.54, 1.807) is 32.1 Å². The molecule has 0 rings (SSSR count). The van der Waals surface area contributed by atoms with Crippen molar-refractivity contribution in [3.05, 3.63) is 43.2 Å². The largest absolute Gasteiger partial charge is 0.465 e. The Balaban J connectivity index is 5.52. The van der Waals surface area contributed by atoms with E-state index in [1.807, 2.05) is 0 Å². The Labute approximate surface area is 120 Å². The Hall–Kier alpha value is -2.06. The molecule has 0 aromatic heterocycles. The van der Waals surface area contributed by atoms with E-state index in [4.69, 9.17) is 9.47 Å². The van der Waals surface area contributed by atoms with Crippen LogP contribution < -0.4 is 0 Å². The number of rotatable bonds is 9. The molecule has 4 nitrogen and oxygen atoms in total. The van der Waals surface area contributed by atoms with E-state index < -0.39 is 17.4 Å². The van der Waals surface area contributed by atoms with Gasteiger partial charge >= 0.3 is 11.9 Å². The van der Waals surface area contributed by atoms with Crippen LogP contribution in [0.15, 0.2) is 43.2 Å². The van der Waals surface area contributed by atoms with Gasteiger partial charge in [0.05, 0.1) is 13.2 Å². The Morgan fingerprint density at radius 2 is 1.70 bits per heavy atom. The summed E-state index contributed by atoms with van der Waals surface area (Å²) in [4.78, 5) is 24.5. The van der Waals surface area contributed by atoms with Gasteiger partial charge in [-0.2, -0.15) is 0 Å². The molecule has 0 heterocycles. The highest BCUT2D eigenvalue weighted by molar-refractivity contribution is 6.00. The van der Waals surface area contributed by atoms with Gasteiger partial charge in [0.15, 0.2) is 5.41 Å². The summed E-state index contributed by atoms with van der Waals surface area (Å²) in [7, 11) is 0. The molecule has 0 aromatic carbocycles. The second kappa shape index (κ2) is 9.82. The van der Waals surface area contributed by atoms with Crippen molar-refractivity contribution in [2.45, 2.75) is 26.7 Å². The fourth-order valence-corrected chi connectivity index (χ4v) is 1.65. The van der Waals surface area contributed by atoms with E-state index >= 15 is 0 Å². The molecule has 0 bridgehead atoms. The van der Waals surface area contributed by atoms with E-state index in [9.17, 15) is 9.59 Å². The molecule has 0 saturated carbocycles. The molecular weight excluding hydrogens is 256 g/mol. The van der Waals surface area contributed by atoms with Crippen molar-refractivity contribution in [2.24, 2.45) is 5.41 Å². The number of esters is 2. The Morgan fingerprint density at radius 1 is 1.15 bits per heavy atom. The highest BCUT2D eigenvalue weighted by Gasteiger charge is 2.47. The van der Waals surface area contributed by atoms with Gasteiger partial charge in [0, 0.05) is 0 Å². The molecule has 0 aliphatic carbocycles. The molecule has 0 amide bonds. The van der Waals surface area contributed by atoms with Gasteiger partial charge in [0.1, 0.15) is 0 Å². The predicted molar refractivity (Wildman–Crippen MR) is 78.0 cm³/mol. The van der Waals surface area contributed by atoms with Crippen molar-refractivity contribution < 1.29 is 19.1 Å². The summed E-state index contributed by atoms with van der Waals surface area (Å²) in [5.41, 5.74) is 1.18. The quantitative estimate of drug-likeness (QED) is 0.281. The number of hydrogen-bond donors (Lipinski definition) is 0. The fraction of sp³-hybridized carbons (Fsp3) is 0.438. The summed E-state index contributed by atoms with van der Waals surface area (Å²) in [5, 5.41) is 0. The van der Waals surface area contributed by atoms with E-state index in [-0.39, 0.29) is 26.1 Å². The van der Waals surface area contributed by atoms with E-state index in [0.29, 0.717) is 0 Å². The lowest BCUT2D eigenvalue weighted by Crippen LogP contribution is -2.41. The second-order valence-corrected chi connectivity index (χ2v) is 4.00. The van der Waals surface area contributed by atoms with E-state index in [1.165, 1.54) is 6.08 Å². The zero-order chi connectivity index (χ0) is 15.4. The zero-order valence-corrected chi connectivity index (χ0v) is 12.2. The number of carbonyl (C=O) groups excluding carboxylic acids is 2. The summed E-state index contributed by atoms with van der Waals surface area (Å²) in [6.45, 7) is 10.8. The molecule has 20 heavy (non-hydrogen) atoms. The number of hydrogen-bond acceptors (Lipinski definition) is 4. The van der Waals surface area contributed by atoms with Crippen LogP contribution in [0.4, 0.5) is 0 Å². The monoisotopic (exact) mass is 278 g/mol. The molecule has 0 aromatic rings. The highest BCUT2D eigenvalue weighted by Crippen LogP contribution is 2.32. The van der Waals surface area contributed by atoms with Gasteiger partial charge in [0.25, 0.3) is 0 Å². The molecule has 0 aliphatic rings. The molecule has 0 radical (unpaired) electrons. The summed E-state index contributed by atoms with van der Waals surface area (Å²) in [5.74, 6) is -1.20. The van der Waals surface area contributed by atoms with Crippen LogP contribution in [0.1, 0.15) is 26.7 Å². The van der Waals surface area contributed by atoms with Gasteiger partial charge in [-0.3, -0.25) is 9.59 Å². The van der Waals surface area contributed by atoms with Crippen molar-refractivity contribution in [3.8, 4) is 0 Å². The third-order valence-electron chi connectivity index (χ3n) is 2.67. The van der Waals surface area contributed by atoms with Crippen LogP contribution in [-0.2, 0) is 19.1 Å². The molecule has 0 atom stereocenters. The first-order valence-corrected chi connectivity index (χ1v) is 6.55. The molecule has 0 N–H and O–H groups in total. The molecule has 110 valence electrons. The topological polar surface area (TPSA) is 52.6 Å². The van der Waals surface area contributed by atoms with Crippen molar-refractivity contribution in [3.63, 3.8) is 0 Å². The molecule has 0 fully saturated rings. The maximum absolute atomic E-state index is 12.2. The van der Waals surface area contributed by atoms with Gasteiger partial charge in [-0.05, 0) is 32.8 Å². The molecule has 0 aliphatic heterocycles. The van der Waals surface area contributed by atoms with Crippen LogP contribution in [0.5, 0.6) is 0 Å². The Kier molecular flexibility index (Phi) is 8.80. The Bertz CT molecular complexity index is 396. The predicted octanol–water partition coefficient (Wildman–Crippen LogP) is 2.96. The van der Waals surface area contributed by atoms with Gasteiger partial charge in [0.2, 0.25) is 0 Å². The van der Waals surface area contributed by atoms with Crippen LogP contribution in [0.3, 0.4) is 0 Å². The van der Waals surface area contributed by atoms with E-state index in [2.05, 4.69) is 18.9 Å². The lowest BCUT2D eigenvalue weighted by molar-refractivity contribution is -0.171. The second-order valence-electron chi connectivity index (χ2n) is 4.00. The van der Waals surface area contributed by atoms with Gasteiger partial charge in [-0.15, -0.1) is 5.73 Å². The van der Waals surface area contributed by atoms with Crippen LogP contribution in [-0.4, -0.2) is 25.2 Å². The molecule has 0 spiro atoms. The van der Waals surface area contributed by atoms with Crippen molar-refractivity contribution in [1.29, 1.82) is 0 Å². The minimum absolute atomic E-state index is 0.135. The van der Waals surface area contributed by atoms with E-state index in [0.717, 1.165) is 0 Å². The first-order chi connectivity index (χ1) is 9.58. The zero-order valence-electron chi connectivity index (χ0n) is 12.2. The average Bonchev–Trinajstić information content (AvgIpc) is 2.43. The molecule has 0 unspecified atom stereocenters. The minimum atomic E-state index is -1.39. The third kappa shape index (κ3) is 4.90. The van der Waals surface area contributed by atoms with Crippen molar-refractivity contribution >= 4 is 11.9 Å². The third-order valence-corrected chi connectivity index (χ3v) is 2.67. The highest BCUT2D eigenvalue weighted by atomic mass is 16.6. The number of carbonyl (C=O) groups is 2. The first-order valence-electron chi connectivity index (χ1n) is 6.55. The summed E-state index contributed by atoms with van der Waals surface area (Å²) in [6.07, 6.45) is 6.78. The normalized spacial score (nSPS) is 10.7. The van der Waals surface area contributed by atoms with Crippen LogP contribution in [0.25, 0.3) is 0 Å². The smallest absolute Gasteiger partial charge is 0.324 e. The number of ether oxygens (including phenoxy) is 2. The maximum Gasteiger partial charge on any atom is 0.324 e. The fourth-order valence-electron chi connectivity index (χ4n) is 1.65. The summed E-state index contributed by atoms with van der Waals surface area (Å²) < 4.78 is 10.1. The van der Waals surface area contributed by atoms with Crippen molar-refractivity contribution in [2.75, 3.05) is 13.2 Å². The minimum Gasteiger partial charge on any atom is -0.465 e. The maximum atomic E-state index is 12.2. The van der Waals surface area contributed by atoms with Crippen LogP contribution in [0.2, 0.25) is 0 Å². The van der Waals surface area contributed by atoms with Crippen molar-refractivity contribution in [1.82, 2.24) is 0 Å². The Morgan fingerprint density at radius 3 is 2.10 bits per heavy atom. The molecule has 4 heteroatoms. The summed E-state index contributed by atoms with van der Waals surface area (Å²) in [6, 6.07) is 0. The van der Waals surface area contributed by atoms with Gasteiger partial charge in [-0.1, -0.05) is 31.4 Å². The van der Waals surface area contributed by atoms with Crippen LogP contribution >= 0.6 is 0 Å². The lowest BCUT2D eigenvalue weighted by atomic mass is 9.80. The lowest BCUT2D eigenvalue weighted by Gasteiger charge is -2.26. The molecular formula is C16H22O4. The van der Waals surface area contributed by atoms with Gasteiger partial charge < -0.3 is 9.47 Å². The standard InChI is InChI=1S/C16H22O4/c1-5-9-11-13-16(12-10-6-2,14(17)19-7-3)15(18)20-8-4/h5,9-11H,1-2,7-8,12-13H2,3-4H3/b11-9+. The van der Waals surface area contributed by atoms with Crippen LogP contribution in [0, 0.1) is 5.41 Å². The van der Waals surface area contributed by atoms with Gasteiger partial charge in [-0.25, -0.2) is 0 Å². The average molecular weight is 278 g/mol. The SMILES string of the molecule is C=C=CCC(C/C=C/C=C)(C(=O)OCC)C(=O)OCC. The first kappa shape index (κ1) is 17.9. The summed E-state index contributed by atoms with van der Waals surface area (Å²) >= 11 is 0.